The third kappa shape index (κ3) is 5.55. The lowest BCUT2D eigenvalue weighted by Crippen LogP contribution is -2.51. The molecule has 2 aromatic rings. The first-order valence-electron chi connectivity index (χ1n) is 8.16. The van der Waals surface area contributed by atoms with Crippen LogP contribution >= 0.6 is 24.0 Å². The average Bonchev–Trinajstić information content (AvgIpc) is 2.63. The van der Waals surface area contributed by atoms with Crippen LogP contribution in [0.3, 0.4) is 0 Å². The summed E-state index contributed by atoms with van der Waals surface area (Å²) in [4.78, 5) is 12.9. The number of rotatable bonds is 4. The van der Waals surface area contributed by atoms with E-state index in [9.17, 15) is 4.39 Å². The van der Waals surface area contributed by atoms with Crippen LogP contribution in [0.4, 0.5) is 10.1 Å². The van der Waals surface area contributed by atoms with E-state index in [0.29, 0.717) is 12.5 Å². The standard InChI is InChI=1S/C18H22FN5.HI/c19-16-3-5-17(6-4-16)23-10-12-24(13-11-23)18(20)22-9-7-15-2-1-8-21-14-15;/h1-6,8,14H,7,9-13H2,(H2,20,22);1H. The van der Waals surface area contributed by atoms with Crippen LogP contribution in [0.1, 0.15) is 5.56 Å². The van der Waals surface area contributed by atoms with Crippen molar-refractivity contribution in [3.8, 4) is 0 Å². The van der Waals surface area contributed by atoms with Gasteiger partial charge >= 0.3 is 0 Å². The summed E-state index contributed by atoms with van der Waals surface area (Å²) in [6, 6.07) is 10.6. The van der Waals surface area contributed by atoms with Gasteiger partial charge in [-0.1, -0.05) is 6.07 Å². The second kappa shape index (κ2) is 9.55. The molecule has 1 fully saturated rings. The highest BCUT2D eigenvalue weighted by atomic mass is 127. The number of halogens is 2. The van der Waals surface area contributed by atoms with Crippen LogP contribution in [-0.4, -0.2) is 48.6 Å². The van der Waals surface area contributed by atoms with E-state index in [1.54, 1.807) is 6.20 Å². The Hall–Kier alpha value is -1.90. The summed E-state index contributed by atoms with van der Waals surface area (Å²) in [7, 11) is 0. The number of nitrogens with two attached hydrogens (primary N) is 1. The smallest absolute Gasteiger partial charge is 0.191 e. The van der Waals surface area contributed by atoms with Crippen LogP contribution < -0.4 is 10.6 Å². The molecule has 0 aliphatic carbocycles. The van der Waals surface area contributed by atoms with Gasteiger partial charge in [0.05, 0.1) is 0 Å². The minimum Gasteiger partial charge on any atom is -0.370 e. The number of anilines is 1. The van der Waals surface area contributed by atoms with Gasteiger partial charge in [-0.05, 0) is 42.3 Å². The number of piperazine rings is 1. The first-order valence-corrected chi connectivity index (χ1v) is 8.16. The molecule has 1 aliphatic heterocycles. The molecule has 0 spiro atoms. The van der Waals surface area contributed by atoms with Crippen molar-refractivity contribution in [2.75, 3.05) is 37.6 Å². The van der Waals surface area contributed by atoms with E-state index in [-0.39, 0.29) is 29.8 Å². The van der Waals surface area contributed by atoms with Crippen molar-refractivity contribution >= 4 is 35.6 Å². The Balaban J connectivity index is 0.00000225. The lowest BCUT2D eigenvalue weighted by molar-refractivity contribution is 0.381. The van der Waals surface area contributed by atoms with Crippen molar-refractivity contribution in [3.63, 3.8) is 0 Å². The molecule has 5 nitrogen and oxygen atoms in total. The fourth-order valence-electron chi connectivity index (χ4n) is 2.79. The summed E-state index contributed by atoms with van der Waals surface area (Å²) in [6.07, 6.45) is 4.46. The van der Waals surface area contributed by atoms with Gasteiger partial charge in [-0.25, -0.2) is 4.39 Å². The minimum atomic E-state index is -0.206. The first-order chi connectivity index (χ1) is 11.7. The maximum Gasteiger partial charge on any atom is 0.191 e. The maximum absolute atomic E-state index is 13.0. The van der Waals surface area contributed by atoms with Crippen LogP contribution in [0.15, 0.2) is 53.8 Å². The highest BCUT2D eigenvalue weighted by Gasteiger charge is 2.18. The lowest BCUT2D eigenvalue weighted by Gasteiger charge is -2.36. The van der Waals surface area contributed by atoms with E-state index in [4.69, 9.17) is 5.73 Å². The van der Waals surface area contributed by atoms with Crippen molar-refractivity contribution in [1.82, 2.24) is 9.88 Å². The van der Waals surface area contributed by atoms with E-state index in [1.807, 2.05) is 30.5 Å². The summed E-state index contributed by atoms with van der Waals surface area (Å²) in [5, 5.41) is 0. The van der Waals surface area contributed by atoms with Gasteiger partial charge < -0.3 is 15.5 Å². The second-order valence-corrected chi connectivity index (χ2v) is 5.80. The Morgan fingerprint density at radius 1 is 1.12 bits per heavy atom. The van der Waals surface area contributed by atoms with Crippen LogP contribution in [0.2, 0.25) is 0 Å². The monoisotopic (exact) mass is 455 g/mol. The maximum atomic E-state index is 13.0. The number of guanidine groups is 1. The molecule has 1 saturated heterocycles. The molecule has 25 heavy (non-hydrogen) atoms. The summed E-state index contributed by atoms with van der Waals surface area (Å²) < 4.78 is 13.0. The predicted octanol–water partition coefficient (Wildman–Crippen LogP) is 2.52. The van der Waals surface area contributed by atoms with Crippen molar-refractivity contribution in [3.05, 3.63) is 60.2 Å². The average molecular weight is 455 g/mol. The number of hydrogen-bond acceptors (Lipinski definition) is 3. The second-order valence-electron chi connectivity index (χ2n) is 5.80. The van der Waals surface area contributed by atoms with E-state index in [1.165, 1.54) is 12.1 Å². The molecule has 7 heteroatoms. The molecule has 2 heterocycles. The van der Waals surface area contributed by atoms with Crippen molar-refractivity contribution < 1.29 is 4.39 Å². The molecule has 1 aliphatic rings. The largest absolute Gasteiger partial charge is 0.370 e. The van der Waals surface area contributed by atoms with E-state index in [0.717, 1.165) is 43.9 Å². The molecule has 2 N–H and O–H groups in total. The topological polar surface area (TPSA) is 57.8 Å². The Labute approximate surface area is 164 Å². The molecule has 1 aromatic heterocycles. The molecular weight excluding hydrogens is 432 g/mol. The van der Waals surface area contributed by atoms with Gasteiger partial charge in [0, 0.05) is 50.8 Å². The van der Waals surface area contributed by atoms with E-state index >= 15 is 0 Å². The zero-order valence-corrected chi connectivity index (χ0v) is 16.3. The van der Waals surface area contributed by atoms with Crippen molar-refractivity contribution in [1.29, 1.82) is 0 Å². The molecule has 0 radical (unpaired) electrons. The van der Waals surface area contributed by atoms with Crippen LogP contribution in [-0.2, 0) is 6.42 Å². The Kier molecular flexibility index (Phi) is 7.42. The highest BCUT2D eigenvalue weighted by Crippen LogP contribution is 2.16. The molecule has 134 valence electrons. The van der Waals surface area contributed by atoms with Gasteiger partial charge in [0.25, 0.3) is 0 Å². The van der Waals surface area contributed by atoms with Gasteiger partial charge in [-0.2, -0.15) is 0 Å². The third-order valence-electron chi connectivity index (χ3n) is 4.19. The number of aromatic nitrogens is 1. The summed E-state index contributed by atoms with van der Waals surface area (Å²) in [5.74, 6) is 0.389. The number of pyridine rings is 1. The molecule has 0 amide bonds. The molecule has 1 aromatic carbocycles. The van der Waals surface area contributed by atoms with Gasteiger partial charge in [-0.15, -0.1) is 24.0 Å². The van der Waals surface area contributed by atoms with Crippen molar-refractivity contribution in [2.45, 2.75) is 6.42 Å². The molecule has 0 bridgehead atoms. The van der Waals surface area contributed by atoms with Gasteiger partial charge in [0.1, 0.15) is 5.82 Å². The highest BCUT2D eigenvalue weighted by molar-refractivity contribution is 14.0. The molecule has 0 saturated carbocycles. The normalized spacial score (nSPS) is 15.0. The lowest BCUT2D eigenvalue weighted by atomic mass is 10.2. The number of benzene rings is 1. The Morgan fingerprint density at radius 3 is 2.48 bits per heavy atom. The molecule has 0 unspecified atom stereocenters. The van der Waals surface area contributed by atoms with Crippen LogP contribution in [0, 0.1) is 5.82 Å². The summed E-state index contributed by atoms with van der Waals surface area (Å²) in [5.41, 5.74) is 8.32. The zero-order valence-electron chi connectivity index (χ0n) is 14.0. The van der Waals surface area contributed by atoms with Crippen LogP contribution in [0.5, 0.6) is 0 Å². The van der Waals surface area contributed by atoms with Crippen molar-refractivity contribution in [2.24, 2.45) is 10.7 Å². The number of hydrogen-bond donors (Lipinski definition) is 1. The fourth-order valence-corrected chi connectivity index (χ4v) is 2.79. The quantitative estimate of drug-likeness (QED) is 0.438. The van der Waals surface area contributed by atoms with Crippen LogP contribution in [0.25, 0.3) is 0 Å². The summed E-state index contributed by atoms with van der Waals surface area (Å²) in [6.45, 7) is 4.00. The molecule has 0 atom stereocenters. The SMILES string of the molecule is I.NC(=NCCc1cccnc1)N1CCN(c2ccc(F)cc2)CC1. The number of aliphatic imine (C=N–C) groups is 1. The predicted molar refractivity (Wildman–Crippen MR) is 110 cm³/mol. The van der Waals surface area contributed by atoms with E-state index in [2.05, 4.69) is 19.8 Å². The third-order valence-corrected chi connectivity index (χ3v) is 4.19. The molecule has 3 rings (SSSR count). The van der Waals surface area contributed by atoms with Gasteiger partial charge in [-0.3, -0.25) is 9.98 Å². The fraction of sp³-hybridized carbons (Fsp3) is 0.333. The zero-order chi connectivity index (χ0) is 16.8. The van der Waals surface area contributed by atoms with E-state index < -0.39 is 0 Å². The van der Waals surface area contributed by atoms with Gasteiger partial charge in [0.2, 0.25) is 0 Å². The Bertz CT molecular complexity index is 670. The summed E-state index contributed by atoms with van der Waals surface area (Å²) >= 11 is 0. The Morgan fingerprint density at radius 2 is 1.84 bits per heavy atom. The minimum absolute atomic E-state index is 0. The van der Waals surface area contributed by atoms with Gasteiger partial charge in [0.15, 0.2) is 5.96 Å². The molecular formula is C18H23FIN5. The first kappa shape index (κ1) is 19.4. The number of nitrogens with zero attached hydrogens (tertiary/aromatic N) is 4.